The second kappa shape index (κ2) is 13.2. The van der Waals surface area contributed by atoms with Gasteiger partial charge in [-0.3, -0.25) is 14.5 Å². The summed E-state index contributed by atoms with van der Waals surface area (Å²) in [6.45, 7) is 5.57. The van der Waals surface area contributed by atoms with Gasteiger partial charge in [-0.05, 0) is 42.3 Å². The lowest BCUT2D eigenvalue weighted by Gasteiger charge is -2.33. The fourth-order valence-corrected chi connectivity index (χ4v) is 4.50. The predicted octanol–water partition coefficient (Wildman–Crippen LogP) is 4.21. The minimum Gasteiger partial charge on any atom is -0.466 e. The third-order valence-corrected chi connectivity index (χ3v) is 6.84. The van der Waals surface area contributed by atoms with E-state index in [-0.39, 0.29) is 24.4 Å². The van der Waals surface area contributed by atoms with Crippen LogP contribution in [0.15, 0.2) is 47.4 Å². The van der Waals surface area contributed by atoms with Gasteiger partial charge < -0.3 is 14.8 Å². The number of hydrogen-bond donors (Lipinski definition) is 1. The van der Waals surface area contributed by atoms with Crippen molar-refractivity contribution < 1.29 is 19.1 Å². The maximum absolute atomic E-state index is 12.3. The Bertz CT molecular complexity index is 943. The first-order chi connectivity index (χ1) is 15.9. The second-order valence-corrected chi connectivity index (χ2v) is 9.56. The summed E-state index contributed by atoms with van der Waals surface area (Å²) in [6, 6.07) is 13.3. The molecule has 1 aliphatic rings. The molecular formula is C24H28Cl2N2O4S. The summed E-state index contributed by atoms with van der Waals surface area (Å²) >= 11 is 13.6. The van der Waals surface area contributed by atoms with Gasteiger partial charge in [-0.15, -0.1) is 11.8 Å². The molecule has 1 saturated heterocycles. The first-order valence-corrected chi connectivity index (χ1v) is 12.6. The molecular weight excluding hydrogens is 483 g/mol. The minimum absolute atomic E-state index is 0.0409. The number of hydrogen-bond acceptors (Lipinski definition) is 6. The number of esters is 1. The van der Waals surface area contributed by atoms with Crippen LogP contribution < -0.4 is 5.32 Å². The number of nitrogens with one attached hydrogen (secondary N) is 1. The first kappa shape index (κ1) is 25.8. The van der Waals surface area contributed by atoms with Gasteiger partial charge in [0.15, 0.2) is 0 Å². The van der Waals surface area contributed by atoms with Crippen molar-refractivity contribution in [3.05, 3.63) is 63.6 Å². The number of thioether (sulfide) groups is 1. The number of morpholine rings is 1. The van der Waals surface area contributed by atoms with E-state index in [1.807, 2.05) is 42.5 Å². The Morgan fingerprint density at radius 1 is 1.15 bits per heavy atom. The van der Waals surface area contributed by atoms with E-state index in [1.165, 1.54) is 11.8 Å². The highest BCUT2D eigenvalue weighted by Crippen LogP contribution is 2.24. The molecule has 3 rings (SSSR count). The van der Waals surface area contributed by atoms with Crippen LogP contribution in [0.25, 0.3) is 0 Å². The summed E-state index contributed by atoms with van der Waals surface area (Å²) in [5.74, 6) is 0.0373. The molecule has 1 heterocycles. The molecule has 1 N–H and O–H groups in total. The Hall–Kier alpha value is -1.77. The molecule has 0 bridgehead atoms. The van der Waals surface area contributed by atoms with Crippen LogP contribution in [0.3, 0.4) is 0 Å². The normalized spacial score (nSPS) is 16.4. The van der Waals surface area contributed by atoms with Crippen LogP contribution in [0.2, 0.25) is 10.0 Å². The molecule has 1 fully saturated rings. The van der Waals surface area contributed by atoms with E-state index < -0.39 is 0 Å². The van der Waals surface area contributed by atoms with E-state index in [9.17, 15) is 9.59 Å². The topological polar surface area (TPSA) is 67.9 Å². The number of ether oxygens (including phenoxy) is 2. The average Bonchev–Trinajstić information content (AvgIpc) is 2.80. The van der Waals surface area contributed by atoms with E-state index in [2.05, 4.69) is 10.2 Å². The van der Waals surface area contributed by atoms with Gasteiger partial charge in [-0.2, -0.15) is 0 Å². The molecule has 1 amide bonds. The Balaban J connectivity index is 1.37. The van der Waals surface area contributed by atoms with Crippen molar-refractivity contribution in [3.63, 3.8) is 0 Å². The maximum Gasteiger partial charge on any atom is 0.310 e. The standard InChI is InChI=1S/C24H28Cl2N2O4S/c1-2-31-24(30)12-17-3-6-20(7-4-17)33-16-23(29)27-13-19-15-28(9-10-32-19)14-18-5-8-21(25)22(26)11-18/h3-8,11,19H,2,9-10,12-16H2,1H3,(H,27,29). The summed E-state index contributed by atoms with van der Waals surface area (Å²) in [5.41, 5.74) is 1.99. The van der Waals surface area contributed by atoms with Crippen molar-refractivity contribution in [2.24, 2.45) is 0 Å². The smallest absolute Gasteiger partial charge is 0.310 e. The number of halogens is 2. The van der Waals surface area contributed by atoms with Crippen LogP contribution in [-0.2, 0) is 32.0 Å². The number of amides is 1. The van der Waals surface area contributed by atoms with Gasteiger partial charge in [-0.1, -0.05) is 41.4 Å². The van der Waals surface area contributed by atoms with Crippen molar-refractivity contribution in [2.75, 3.05) is 38.6 Å². The van der Waals surface area contributed by atoms with Crippen molar-refractivity contribution in [1.29, 1.82) is 0 Å². The first-order valence-electron chi connectivity index (χ1n) is 10.8. The third kappa shape index (κ3) is 8.83. The summed E-state index contributed by atoms with van der Waals surface area (Å²) in [4.78, 5) is 27.1. The number of carbonyl (C=O) groups is 2. The van der Waals surface area contributed by atoms with Gasteiger partial charge in [-0.25, -0.2) is 0 Å². The second-order valence-electron chi connectivity index (χ2n) is 7.69. The highest BCUT2D eigenvalue weighted by atomic mass is 35.5. The summed E-state index contributed by atoms with van der Waals surface area (Å²) < 4.78 is 10.8. The highest BCUT2D eigenvalue weighted by Gasteiger charge is 2.21. The molecule has 1 atom stereocenters. The Morgan fingerprint density at radius 3 is 2.64 bits per heavy atom. The Labute approximate surface area is 208 Å². The zero-order valence-electron chi connectivity index (χ0n) is 18.5. The molecule has 0 aliphatic carbocycles. The number of carbonyl (C=O) groups excluding carboxylic acids is 2. The zero-order valence-corrected chi connectivity index (χ0v) is 20.8. The molecule has 2 aromatic rings. The summed E-state index contributed by atoms with van der Waals surface area (Å²) in [7, 11) is 0. The monoisotopic (exact) mass is 510 g/mol. The maximum atomic E-state index is 12.3. The van der Waals surface area contributed by atoms with Crippen molar-refractivity contribution in [3.8, 4) is 0 Å². The number of benzene rings is 2. The van der Waals surface area contributed by atoms with Gasteiger partial charge in [0.2, 0.25) is 5.91 Å². The molecule has 1 unspecified atom stereocenters. The van der Waals surface area contributed by atoms with Crippen LogP contribution in [0, 0.1) is 0 Å². The predicted molar refractivity (Wildman–Crippen MR) is 132 cm³/mol. The largest absolute Gasteiger partial charge is 0.466 e. The van der Waals surface area contributed by atoms with E-state index in [0.29, 0.717) is 35.6 Å². The average molecular weight is 511 g/mol. The van der Waals surface area contributed by atoms with Crippen LogP contribution in [0.5, 0.6) is 0 Å². The van der Waals surface area contributed by atoms with Crippen LogP contribution >= 0.6 is 35.0 Å². The number of rotatable bonds is 10. The quantitative estimate of drug-likeness (QED) is 0.381. The molecule has 178 valence electrons. The molecule has 9 heteroatoms. The minimum atomic E-state index is -0.238. The van der Waals surface area contributed by atoms with Gasteiger partial charge >= 0.3 is 5.97 Å². The molecule has 6 nitrogen and oxygen atoms in total. The molecule has 2 aromatic carbocycles. The molecule has 0 saturated carbocycles. The van der Waals surface area contributed by atoms with Crippen molar-refractivity contribution in [2.45, 2.75) is 30.9 Å². The molecule has 0 spiro atoms. The highest BCUT2D eigenvalue weighted by molar-refractivity contribution is 8.00. The summed E-state index contributed by atoms with van der Waals surface area (Å²) in [5, 5.41) is 4.07. The van der Waals surface area contributed by atoms with E-state index in [4.69, 9.17) is 32.7 Å². The Morgan fingerprint density at radius 2 is 1.91 bits per heavy atom. The fourth-order valence-electron chi connectivity index (χ4n) is 3.45. The van der Waals surface area contributed by atoms with E-state index in [1.54, 1.807) is 6.92 Å². The third-order valence-electron chi connectivity index (χ3n) is 5.09. The van der Waals surface area contributed by atoms with Crippen LogP contribution in [0.1, 0.15) is 18.1 Å². The lowest BCUT2D eigenvalue weighted by atomic mass is 10.1. The fraction of sp³-hybridized carbons (Fsp3) is 0.417. The van der Waals surface area contributed by atoms with Gasteiger partial charge in [0, 0.05) is 31.1 Å². The van der Waals surface area contributed by atoms with Crippen LogP contribution in [0.4, 0.5) is 0 Å². The van der Waals surface area contributed by atoms with Gasteiger partial charge in [0.25, 0.3) is 0 Å². The molecule has 0 aromatic heterocycles. The Kier molecular flexibility index (Phi) is 10.3. The molecule has 33 heavy (non-hydrogen) atoms. The van der Waals surface area contributed by atoms with E-state index >= 15 is 0 Å². The number of nitrogens with zero attached hydrogens (tertiary/aromatic N) is 1. The van der Waals surface area contributed by atoms with Crippen molar-refractivity contribution >= 4 is 46.8 Å². The SMILES string of the molecule is CCOC(=O)Cc1ccc(SCC(=O)NCC2CN(Cc3ccc(Cl)c(Cl)c3)CCO2)cc1. The zero-order chi connectivity index (χ0) is 23.6. The van der Waals surface area contributed by atoms with Crippen LogP contribution in [-0.4, -0.2) is 61.5 Å². The van der Waals surface area contributed by atoms with Crippen molar-refractivity contribution in [1.82, 2.24) is 10.2 Å². The molecule has 1 aliphatic heterocycles. The van der Waals surface area contributed by atoms with Gasteiger partial charge in [0.05, 0.1) is 41.5 Å². The van der Waals surface area contributed by atoms with E-state index in [0.717, 1.165) is 35.7 Å². The van der Waals surface area contributed by atoms with Gasteiger partial charge in [0.1, 0.15) is 0 Å². The lowest BCUT2D eigenvalue weighted by Crippen LogP contribution is -2.47. The summed E-state index contributed by atoms with van der Waals surface area (Å²) in [6.07, 6.45) is 0.195. The lowest BCUT2D eigenvalue weighted by molar-refractivity contribution is -0.142. The molecule has 0 radical (unpaired) electrons.